The maximum atomic E-state index is 12.9. The van der Waals surface area contributed by atoms with Crippen molar-refractivity contribution in [2.75, 3.05) is 52.7 Å². The molecule has 2 aliphatic heterocycles. The van der Waals surface area contributed by atoms with Gasteiger partial charge in [0.2, 0.25) is 6.79 Å². The lowest BCUT2D eigenvalue weighted by molar-refractivity contribution is -0.135. The quantitative estimate of drug-likeness (QED) is 0.673. The zero-order chi connectivity index (χ0) is 21.6. The van der Waals surface area contributed by atoms with Crippen LogP contribution in [0, 0.1) is 5.82 Å². The SMILES string of the molecule is Cl.O=C(NCCN1CCN(C(=O)COc2ccc(F)cc2)CC1)c1ccc2c(c1)OCO2. The number of halogens is 2. The molecule has 2 aromatic carbocycles. The summed E-state index contributed by atoms with van der Waals surface area (Å²) in [6, 6.07) is 10.7. The maximum absolute atomic E-state index is 12.9. The predicted octanol–water partition coefficient (Wildman–Crippen LogP) is 1.93. The van der Waals surface area contributed by atoms with Gasteiger partial charge >= 0.3 is 0 Å². The summed E-state index contributed by atoms with van der Waals surface area (Å²) < 4.78 is 28.9. The Morgan fingerprint density at radius 2 is 1.72 bits per heavy atom. The van der Waals surface area contributed by atoms with Gasteiger partial charge in [0.1, 0.15) is 11.6 Å². The first-order valence-corrected chi connectivity index (χ1v) is 10.1. The number of amides is 2. The van der Waals surface area contributed by atoms with E-state index in [-0.39, 0.29) is 43.4 Å². The smallest absolute Gasteiger partial charge is 0.260 e. The van der Waals surface area contributed by atoms with Gasteiger partial charge in [-0.3, -0.25) is 14.5 Å². The first-order chi connectivity index (χ1) is 15.1. The maximum Gasteiger partial charge on any atom is 0.260 e. The molecule has 2 aliphatic rings. The Bertz CT molecular complexity index is 936. The number of rotatable bonds is 7. The van der Waals surface area contributed by atoms with Crippen LogP contribution in [0.3, 0.4) is 0 Å². The standard InChI is InChI=1S/C22H24FN3O5.ClH/c23-17-2-4-18(5-3-17)29-14-21(27)26-11-9-25(10-12-26)8-7-24-22(28)16-1-6-19-20(13-16)31-15-30-19;/h1-6,13H,7-12,14-15H2,(H,24,28);1H. The number of carbonyl (C=O) groups excluding carboxylic acids is 2. The van der Waals surface area contributed by atoms with Crippen molar-refractivity contribution in [3.05, 3.63) is 53.8 Å². The summed E-state index contributed by atoms with van der Waals surface area (Å²) >= 11 is 0. The summed E-state index contributed by atoms with van der Waals surface area (Å²) in [5.74, 6) is 1.09. The lowest BCUT2D eigenvalue weighted by Gasteiger charge is -2.34. The first kappa shape index (κ1) is 23.6. The molecule has 32 heavy (non-hydrogen) atoms. The Labute approximate surface area is 191 Å². The van der Waals surface area contributed by atoms with E-state index < -0.39 is 0 Å². The minimum absolute atomic E-state index is 0. The average molecular weight is 466 g/mol. The van der Waals surface area contributed by atoms with Crippen molar-refractivity contribution < 1.29 is 28.2 Å². The lowest BCUT2D eigenvalue weighted by atomic mass is 10.2. The summed E-state index contributed by atoms with van der Waals surface area (Å²) in [6.07, 6.45) is 0. The number of nitrogens with one attached hydrogen (secondary N) is 1. The van der Waals surface area contributed by atoms with E-state index in [0.717, 1.165) is 13.1 Å². The fourth-order valence-electron chi connectivity index (χ4n) is 3.46. The second kappa shape index (κ2) is 11.0. The summed E-state index contributed by atoms with van der Waals surface area (Å²) in [5, 5.41) is 2.91. The Hall–Kier alpha value is -3.04. The van der Waals surface area contributed by atoms with E-state index in [4.69, 9.17) is 14.2 Å². The predicted molar refractivity (Wildman–Crippen MR) is 117 cm³/mol. The number of ether oxygens (including phenoxy) is 3. The van der Waals surface area contributed by atoms with Crippen LogP contribution in [0.5, 0.6) is 17.2 Å². The Morgan fingerprint density at radius 3 is 2.47 bits per heavy atom. The summed E-state index contributed by atoms with van der Waals surface area (Å²) in [6.45, 7) is 3.96. The van der Waals surface area contributed by atoms with Gasteiger partial charge in [0.25, 0.3) is 11.8 Å². The Kier molecular flexibility index (Phi) is 8.13. The van der Waals surface area contributed by atoms with Crippen LogP contribution in [0.4, 0.5) is 4.39 Å². The molecule has 1 fully saturated rings. The van der Waals surface area contributed by atoms with E-state index in [2.05, 4.69) is 10.2 Å². The highest BCUT2D eigenvalue weighted by Crippen LogP contribution is 2.32. The second-order valence-electron chi connectivity index (χ2n) is 7.29. The highest BCUT2D eigenvalue weighted by atomic mass is 35.5. The van der Waals surface area contributed by atoms with Crippen molar-refractivity contribution in [1.82, 2.24) is 15.1 Å². The van der Waals surface area contributed by atoms with Crippen molar-refractivity contribution in [3.63, 3.8) is 0 Å². The summed E-state index contributed by atoms with van der Waals surface area (Å²) in [5.41, 5.74) is 0.529. The van der Waals surface area contributed by atoms with E-state index in [9.17, 15) is 14.0 Å². The Morgan fingerprint density at radius 1 is 1.00 bits per heavy atom. The third-order valence-corrected chi connectivity index (χ3v) is 5.25. The van der Waals surface area contributed by atoms with Gasteiger partial charge < -0.3 is 24.4 Å². The Balaban J connectivity index is 0.00000289. The van der Waals surface area contributed by atoms with E-state index in [1.165, 1.54) is 24.3 Å². The van der Waals surface area contributed by atoms with Crippen LogP contribution in [0.25, 0.3) is 0 Å². The number of hydrogen-bond donors (Lipinski definition) is 1. The van der Waals surface area contributed by atoms with E-state index in [1.807, 2.05) is 0 Å². The molecule has 1 saturated heterocycles. The van der Waals surface area contributed by atoms with Gasteiger partial charge in [-0.2, -0.15) is 0 Å². The fraction of sp³-hybridized carbons (Fsp3) is 0.364. The van der Waals surface area contributed by atoms with Gasteiger partial charge in [0.15, 0.2) is 18.1 Å². The minimum Gasteiger partial charge on any atom is -0.484 e. The number of hydrogen-bond acceptors (Lipinski definition) is 6. The minimum atomic E-state index is -0.345. The fourth-order valence-corrected chi connectivity index (χ4v) is 3.46. The molecule has 2 amide bonds. The van der Waals surface area contributed by atoms with Crippen molar-refractivity contribution in [2.45, 2.75) is 0 Å². The van der Waals surface area contributed by atoms with Crippen LogP contribution >= 0.6 is 12.4 Å². The second-order valence-corrected chi connectivity index (χ2v) is 7.29. The molecule has 0 bridgehead atoms. The van der Waals surface area contributed by atoms with Crippen molar-refractivity contribution >= 4 is 24.2 Å². The van der Waals surface area contributed by atoms with Crippen LogP contribution in [-0.2, 0) is 4.79 Å². The number of benzene rings is 2. The molecule has 172 valence electrons. The molecule has 0 unspecified atom stereocenters. The molecule has 1 N–H and O–H groups in total. The average Bonchev–Trinajstić information content (AvgIpc) is 3.27. The molecule has 0 atom stereocenters. The molecule has 2 heterocycles. The third-order valence-electron chi connectivity index (χ3n) is 5.25. The highest BCUT2D eigenvalue weighted by molar-refractivity contribution is 5.94. The van der Waals surface area contributed by atoms with Gasteiger partial charge in [-0.25, -0.2) is 4.39 Å². The van der Waals surface area contributed by atoms with Crippen molar-refractivity contribution in [3.8, 4) is 17.2 Å². The molecule has 10 heteroatoms. The van der Waals surface area contributed by atoms with Crippen molar-refractivity contribution in [2.24, 2.45) is 0 Å². The molecule has 8 nitrogen and oxygen atoms in total. The number of carbonyl (C=O) groups is 2. The van der Waals surface area contributed by atoms with Gasteiger partial charge in [0.05, 0.1) is 0 Å². The van der Waals surface area contributed by atoms with Crippen molar-refractivity contribution in [1.29, 1.82) is 0 Å². The van der Waals surface area contributed by atoms with Crippen LogP contribution < -0.4 is 19.5 Å². The number of fused-ring (bicyclic) bond motifs is 1. The topological polar surface area (TPSA) is 80.3 Å². The highest BCUT2D eigenvalue weighted by Gasteiger charge is 2.21. The zero-order valence-corrected chi connectivity index (χ0v) is 18.2. The molecular formula is C22H25ClFN3O5. The summed E-state index contributed by atoms with van der Waals surface area (Å²) in [7, 11) is 0. The van der Waals surface area contributed by atoms with Crippen LogP contribution in [-0.4, -0.2) is 74.3 Å². The van der Waals surface area contributed by atoms with Gasteiger partial charge in [-0.1, -0.05) is 0 Å². The van der Waals surface area contributed by atoms with Crippen LogP contribution in [0.2, 0.25) is 0 Å². The molecule has 0 aliphatic carbocycles. The molecule has 0 aromatic heterocycles. The van der Waals surface area contributed by atoms with Gasteiger partial charge in [0, 0.05) is 44.8 Å². The number of piperazine rings is 1. The summed E-state index contributed by atoms with van der Waals surface area (Å²) in [4.78, 5) is 28.6. The molecule has 2 aromatic rings. The third kappa shape index (κ3) is 6.02. The van der Waals surface area contributed by atoms with E-state index >= 15 is 0 Å². The van der Waals surface area contributed by atoms with Crippen LogP contribution in [0.1, 0.15) is 10.4 Å². The molecule has 0 radical (unpaired) electrons. The first-order valence-electron chi connectivity index (χ1n) is 10.1. The zero-order valence-electron chi connectivity index (χ0n) is 17.4. The van der Waals surface area contributed by atoms with Crippen LogP contribution in [0.15, 0.2) is 42.5 Å². The van der Waals surface area contributed by atoms with E-state index in [0.29, 0.717) is 49.0 Å². The normalized spacial score (nSPS) is 15.1. The molecular weight excluding hydrogens is 441 g/mol. The molecule has 0 saturated carbocycles. The molecule has 0 spiro atoms. The van der Waals surface area contributed by atoms with Gasteiger partial charge in [-0.05, 0) is 42.5 Å². The van der Waals surface area contributed by atoms with Gasteiger partial charge in [-0.15, -0.1) is 12.4 Å². The lowest BCUT2D eigenvalue weighted by Crippen LogP contribution is -2.51. The number of nitrogens with zero attached hydrogens (tertiary/aromatic N) is 2. The molecule has 4 rings (SSSR count). The van der Waals surface area contributed by atoms with E-state index in [1.54, 1.807) is 23.1 Å². The monoisotopic (exact) mass is 465 g/mol. The largest absolute Gasteiger partial charge is 0.484 e.